The second-order valence-electron chi connectivity index (χ2n) is 5.94. The Hall–Kier alpha value is -0.300. The average molecular weight is 222 g/mol. The monoisotopic (exact) mass is 222 g/mol. The highest BCUT2D eigenvalue weighted by Gasteiger charge is 2.62. The van der Waals surface area contributed by atoms with Gasteiger partial charge in [0.15, 0.2) is 0 Å². The highest BCUT2D eigenvalue weighted by Crippen LogP contribution is 2.53. The molecule has 0 spiro atoms. The minimum atomic E-state index is 0.889. The van der Waals surface area contributed by atoms with Crippen molar-refractivity contribution in [2.24, 2.45) is 11.8 Å². The summed E-state index contributed by atoms with van der Waals surface area (Å²) in [6.45, 7) is 9.48. The van der Waals surface area contributed by atoms with E-state index < -0.39 is 0 Å². The number of quaternary nitrogens is 1. The Balaban J connectivity index is 2.32. The fourth-order valence-corrected chi connectivity index (χ4v) is 4.69. The van der Waals surface area contributed by atoms with Crippen LogP contribution in [0.15, 0.2) is 11.8 Å². The molecule has 0 amide bonds. The molecule has 2 aliphatic heterocycles. The first-order valence-corrected chi connectivity index (χ1v) is 7.14. The zero-order valence-electron chi connectivity index (χ0n) is 11.7. The van der Waals surface area contributed by atoms with E-state index in [4.69, 9.17) is 0 Å². The number of hydrogen-bond donors (Lipinski definition) is 0. The zero-order chi connectivity index (χ0) is 11.9. The molecule has 1 heteroatoms. The molecule has 1 fully saturated rings. The van der Waals surface area contributed by atoms with Gasteiger partial charge in [0.2, 0.25) is 0 Å². The van der Waals surface area contributed by atoms with Crippen LogP contribution in [0.1, 0.15) is 53.4 Å². The van der Waals surface area contributed by atoms with Gasteiger partial charge in [-0.2, -0.15) is 0 Å². The van der Waals surface area contributed by atoms with E-state index in [0.717, 1.165) is 23.9 Å². The Bertz CT molecular complexity index is 294. The van der Waals surface area contributed by atoms with E-state index in [2.05, 4.69) is 40.8 Å². The second kappa shape index (κ2) is 4.18. The highest BCUT2D eigenvalue weighted by atomic mass is 15.5. The molecule has 1 saturated heterocycles. The van der Waals surface area contributed by atoms with Gasteiger partial charge in [0.25, 0.3) is 0 Å². The number of hydrogen-bond acceptors (Lipinski definition) is 0. The molecular formula is C15H28N+. The van der Waals surface area contributed by atoms with Crippen LogP contribution in [0.4, 0.5) is 0 Å². The van der Waals surface area contributed by atoms with Gasteiger partial charge in [-0.1, -0.05) is 20.8 Å². The van der Waals surface area contributed by atoms with E-state index in [1.807, 2.05) is 0 Å². The lowest BCUT2D eigenvalue weighted by molar-refractivity contribution is -0.984. The van der Waals surface area contributed by atoms with Gasteiger partial charge < -0.3 is 0 Å². The SMILES string of the molecule is CCC1CC=C(C)[N+]2(C)C(CC)C(CC)C12. The first kappa shape index (κ1) is 12.2. The van der Waals surface area contributed by atoms with Gasteiger partial charge in [-0.15, -0.1) is 0 Å². The Labute approximate surface area is 101 Å². The van der Waals surface area contributed by atoms with E-state index in [0.29, 0.717) is 0 Å². The Morgan fingerprint density at radius 3 is 2.38 bits per heavy atom. The van der Waals surface area contributed by atoms with Crippen molar-refractivity contribution < 1.29 is 4.48 Å². The Kier molecular flexibility index (Phi) is 3.18. The fraction of sp³-hybridized carbons (Fsp3) is 0.867. The molecule has 2 rings (SSSR count). The van der Waals surface area contributed by atoms with E-state index in [9.17, 15) is 0 Å². The van der Waals surface area contributed by atoms with Crippen molar-refractivity contribution in [3.05, 3.63) is 11.8 Å². The third-order valence-corrected chi connectivity index (χ3v) is 5.61. The predicted octanol–water partition coefficient (Wildman–Crippen LogP) is 3.95. The molecule has 5 unspecified atom stereocenters. The van der Waals surface area contributed by atoms with Gasteiger partial charge in [0.05, 0.1) is 13.0 Å². The van der Waals surface area contributed by atoms with Gasteiger partial charge >= 0.3 is 0 Å². The molecule has 2 heterocycles. The standard InChI is InChI=1S/C15H28N/c1-6-12-10-9-11(4)16(5)14(8-3)13(7-2)15(12)16/h9,12-15H,6-8,10H2,1-5H3/q+1. The molecule has 0 N–H and O–H groups in total. The van der Waals surface area contributed by atoms with Crippen LogP contribution in [0.2, 0.25) is 0 Å². The number of rotatable bonds is 3. The molecule has 0 saturated carbocycles. The largest absolute Gasteiger partial charge is 0.292 e. The lowest BCUT2D eigenvalue weighted by atomic mass is 9.65. The quantitative estimate of drug-likeness (QED) is 0.634. The lowest BCUT2D eigenvalue weighted by Gasteiger charge is -2.65. The van der Waals surface area contributed by atoms with Crippen molar-refractivity contribution in [1.29, 1.82) is 0 Å². The van der Waals surface area contributed by atoms with Crippen molar-refractivity contribution >= 4 is 0 Å². The van der Waals surface area contributed by atoms with Crippen molar-refractivity contribution in [1.82, 2.24) is 0 Å². The van der Waals surface area contributed by atoms with Crippen LogP contribution < -0.4 is 0 Å². The van der Waals surface area contributed by atoms with Crippen molar-refractivity contribution in [3.8, 4) is 0 Å². The zero-order valence-corrected chi connectivity index (χ0v) is 11.7. The maximum absolute atomic E-state index is 2.51. The maximum atomic E-state index is 2.51. The molecule has 0 aliphatic carbocycles. The molecule has 0 bridgehead atoms. The van der Waals surface area contributed by atoms with Crippen molar-refractivity contribution in [3.63, 3.8) is 0 Å². The molecule has 2 aliphatic rings. The highest BCUT2D eigenvalue weighted by molar-refractivity contribution is 5.07. The van der Waals surface area contributed by atoms with Crippen LogP contribution >= 0.6 is 0 Å². The lowest BCUT2D eigenvalue weighted by Crippen LogP contribution is -2.76. The molecular weight excluding hydrogens is 194 g/mol. The van der Waals surface area contributed by atoms with Crippen LogP contribution in [-0.4, -0.2) is 23.6 Å². The molecule has 0 aromatic rings. The normalized spacial score (nSPS) is 46.9. The summed E-state index contributed by atoms with van der Waals surface area (Å²) in [5.74, 6) is 1.91. The van der Waals surface area contributed by atoms with Gasteiger partial charge in [-0.3, -0.25) is 4.48 Å². The van der Waals surface area contributed by atoms with Crippen LogP contribution in [0.5, 0.6) is 0 Å². The third kappa shape index (κ3) is 1.33. The summed E-state index contributed by atoms with van der Waals surface area (Å²) < 4.78 is 1.27. The first-order valence-electron chi connectivity index (χ1n) is 7.14. The average Bonchev–Trinajstić information content (AvgIpc) is 2.28. The maximum Gasteiger partial charge on any atom is 0.105 e. The summed E-state index contributed by atoms with van der Waals surface area (Å²) in [4.78, 5) is 0. The van der Waals surface area contributed by atoms with E-state index in [1.165, 1.54) is 30.2 Å². The van der Waals surface area contributed by atoms with E-state index >= 15 is 0 Å². The molecule has 0 radical (unpaired) electrons. The summed E-state index contributed by atoms with van der Waals surface area (Å²) in [6.07, 6.45) is 7.91. The molecule has 16 heavy (non-hydrogen) atoms. The number of allylic oxidation sites excluding steroid dienone is 2. The Morgan fingerprint density at radius 1 is 1.19 bits per heavy atom. The van der Waals surface area contributed by atoms with Gasteiger partial charge in [0, 0.05) is 12.8 Å². The van der Waals surface area contributed by atoms with Crippen LogP contribution in [-0.2, 0) is 0 Å². The molecule has 92 valence electrons. The van der Waals surface area contributed by atoms with Crippen LogP contribution in [0.3, 0.4) is 0 Å². The van der Waals surface area contributed by atoms with Crippen LogP contribution in [0.25, 0.3) is 0 Å². The third-order valence-electron chi connectivity index (χ3n) is 5.61. The Morgan fingerprint density at radius 2 is 1.88 bits per heavy atom. The smallest absolute Gasteiger partial charge is 0.105 e. The summed E-state index contributed by atoms with van der Waals surface area (Å²) in [7, 11) is 2.48. The summed E-state index contributed by atoms with van der Waals surface area (Å²) in [6, 6.07) is 1.81. The molecule has 5 atom stereocenters. The summed E-state index contributed by atoms with van der Waals surface area (Å²) in [5, 5.41) is 0. The second-order valence-corrected chi connectivity index (χ2v) is 5.94. The van der Waals surface area contributed by atoms with Gasteiger partial charge in [0.1, 0.15) is 17.8 Å². The van der Waals surface area contributed by atoms with Gasteiger partial charge in [-0.25, -0.2) is 0 Å². The van der Waals surface area contributed by atoms with E-state index in [1.54, 1.807) is 5.70 Å². The summed E-state index contributed by atoms with van der Waals surface area (Å²) >= 11 is 0. The fourth-order valence-electron chi connectivity index (χ4n) is 4.69. The topological polar surface area (TPSA) is 0 Å². The van der Waals surface area contributed by atoms with Crippen LogP contribution in [0, 0.1) is 11.8 Å². The van der Waals surface area contributed by atoms with Crippen molar-refractivity contribution in [2.45, 2.75) is 65.5 Å². The first-order chi connectivity index (χ1) is 7.61. The molecule has 1 nitrogen and oxygen atoms in total. The number of fused-ring (bicyclic) bond motifs is 1. The summed E-state index contributed by atoms with van der Waals surface area (Å²) in [5.41, 5.74) is 1.63. The predicted molar refractivity (Wildman–Crippen MR) is 70.0 cm³/mol. The molecule has 0 aromatic carbocycles. The minimum Gasteiger partial charge on any atom is -0.292 e. The van der Waals surface area contributed by atoms with Crippen molar-refractivity contribution in [2.75, 3.05) is 7.05 Å². The van der Waals surface area contributed by atoms with E-state index in [-0.39, 0.29) is 0 Å². The molecule has 0 aromatic heterocycles. The number of nitrogens with zero attached hydrogens (tertiary/aromatic N) is 1. The minimum absolute atomic E-state index is 0.889. The van der Waals surface area contributed by atoms with Gasteiger partial charge in [-0.05, 0) is 31.8 Å².